The first-order valence-corrected chi connectivity index (χ1v) is 20.0. The zero-order chi connectivity index (χ0) is 35.8. The molecule has 2 aliphatic heterocycles. The number of fused-ring (bicyclic) bond motifs is 4. The van der Waals surface area contributed by atoms with Gasteiger partial charge in [0.2, 0.25) is 11.8 Å². The lowest BCUT2D eigenvalue weighted by Crippen LogP contribution is -2.53. The summed E-state index contributed by atoms with van der Waals surface area (Å²) in [5.41, 5.74) is 3.18. The maximum Gasteiger partial charge on any atom is 0.329 e. The maximum absolute atomic E-state index is 13.6. The van der Waals surface area contributed by atoms with Crippen molar-refractivity contribution in [3.63, 3.8) is 0 Å². The Morgan fingerprint density at radius 3 is 2.16 bits per heavy atom. The third kappa shape index (κ3) is 8.48. The van der Waals surface area contributed by atoms with Crippen LogP contribution in [-0.4, -0.2) is 57.0 Å². The van der Waals surface area contributed by atoms with E-state index in [-0.39, 0.29) is 30.7 Å². The molecule has 2 aliphatic rings. The van der Waals surface area contributed by atoms with E-state index in [0.29, 0.717) is 22.9 Å². The molecule has 6 rings (SSSR count). The standard InChI is InChI=1S/C40H42N4O4S3/c1-27(2)35-37(46)48-31(23-33(45)41-24-34-42-32(25-49-34)36-44-39(3,26-50-36)38(47)43-35)21-13-14-22-51-40(28-15-7-4-8-16-28,29-17-9-5-10-18-29)30-19-11-6-12-20-30/h4-13,15-21,25,27,31,35H,14,22-24,26H2,1-3H3,(H,41,45)(H,43,47)/b21-13+/t31?,35-,39+/m0/s1. The number of nitrogens with zero attached hydrogens (tertiary/aromatic N) is 2. The van der Waals surface area contributed by atoms with Gasteiger partial charge in [0, 0.05) is 11.1 Å². The second-order valence-corrected chi connectivity index (χ2v) is 16.3. The van der Waals surface area contributed by atoms with E-state index < -0.39 is 28.4 Å². The Morgan fingerprint density at radius 1 is 0.961 bits per heavy atom. The number of carbonyl (C=O) groups excluding carboxylic acids is 3. The first-order valence-electron chi connectivity index (χ1n) is 17.1. The summed E-state index contributed by atoms with van der Waals surface area (Å²) >= 11 is 4.73. The van der Waals surface area contributed by atoms with Crippen LogP contribution in [0.25, 0.3) is 0 Å². The number of aliphatic imine (C=N–C) groups is 1. The number of hydrogen-bond acceptors (Lipinski definition) is 9. The Labute approximate surface area is 312 Å². The molecule has 0 radical (unpaired) electrons. The van der Waals surface area contributed by atoms with Gasteiger partial charge < -0.3 is 15.4 Å². The van der Waals surface area contributed by atoms with Gasteiger partial charge in [-0.05, 0) is 47.8 Å². The predicted octanol–water partition coefficient (Wildman–Crippen LogP) is 7.14. The van der Waals surface area contributed by atoms with Gasteiger partial charge in [0.15, 0.2) is 0 Å². The van der Waals surface area contributed by atoms with Gasteiger partial charge in [0.25, 0.3) is 0 Å². The number of thioether (sulfide) groups is 2. The third-order valence-corrected chi connectivity index (χ3v) is 12.6. The molecule has 0 aliphatic carbocycles. The highest BCUT2D eigenvalue weighted by Crippen LogP contribution is 2.48. The lowest BCUT2D eigenvalue weighted by molar-refractivity contribution is -0.153. The minimum absolute atomic E-state index is 0.0609. The molecule has 3 aromatic carbocycles. The molecule has 2 N–H and O–H groups in total. The molecule has 3 heterocycles. The number of esters is 1. The maximum atomic E-state index is 13.6. The minimum Gasteiger partial charge on any atom is -0.456 e. The van der Waals surface area contributed by atoms with Crippen molar-refractivity contribution in [3.8, 4) is 0 Å². The predicted molar refractivity (Wildman–Crippen MR) is 208 cm³/mol. The molecule has 0 spiro atoms. The van der Waals surface area contributed by atoms with Crippen LogP contribution in [0.4, 0.5) is 0 Å². The molecule has 4 aromatic rings. The summed E-state index contributed by atoms with van der Waals surface area (Å²) in [6.45, 7) is 5.73. The Bertz CT molecular complexity index is 1780. The molecule has 3 atom stereocenters. The zero-order valence-electron chi connectivity index (χ0n) is 28.9. The van der Waals surface area contributed by atoms with Gasteiger partial charge in [-0.1, -0.05) is 111 Å². The number of amides is 2. The largest absolute Gasteiger partial charge is 0.456 e. The van der Waals surface area contributed by atoms with Crippen LogP contribution in [0.5, 0.6) is 0 Å². The second kappa shape index (κ2) is 16.4. The number of hydrogen-bond donors (Lipinski definition) is 2. The number of thiazole rings is 1. The van der Waals surface area contributed by atoms with E-state index in [9.17, 15) is 14.4 Å². The van der Waals surface area contributed by atoms with Crippen LogP contribution in [0.1, 0.15) is 61.0 Å². The first kappa shape index (κ1) is 36.6. The Kier molecular flexibility index (Phi) is 11.8. The summed E-state index contributed by atoms with van der Waals surface area (Å²) in [5.74, 6) is -0.264. The molecular weight excluding hydrogens is 697 g/mol. The van der Waals surface area contributed by atoms with Gasteiger partial charge >= 0.3 is 5.97 Å². The molecule has 0 saturated heterocycles. The van der Waals surface area contributed by atoms with Gasteiger partial charge in [-0.15, -0.1) is 34.9 Å². The third-order valence-electron chi connectivity index (χ3n) is 8.89. The Morgan fingerprint density at radius 2 is 1.57 bits per heavy atom. The summed E-state index contributed by atoms with van der Waals surface area (Å²) in [5, 5.41) is 9.14. The van der Waals surface area contributed by atoms with Gasteiger partial charge in [-0.25, -0.2) is 9.78 Å². The van der Waals surface area contributed by atoms with Crippen molar-refractivity contribution in [1.82, 2.24) is 15.6 Å². The molecule has 11 heteroatoms. The number of benzene rings is 3. The number of nitrogens with one attached hydrogen (secondary N) is 2. The van der Waals surface area contributed by atoms with E-state index in [2.05, 4.69) is 88.4 Å². The summed E-state index contributed by atoms with van der Waals surface area (Å²) in [4.78, 5) is 49.7. The van der Waals surface area contributed by atoms with Gasteiger partial charge in [0.1, 0.15) is 33.4 Å². The Hall–Kier alpha value is -4.19. The van der Waals surface area contributed by atoms with E-state index in [1.807, 2.05) is 55.3 Å². The van der Waals surface area contributed by atoms with Crippen LogP contribution < -0.4 is 10.6 Å². The fourth-order valence-corrected chi connectivity index (χ4v) is 9.52. The van der Waals surface area contributed by atoms with Crippen molar-refractivity contribution in [2.45, 2.75) is 62.6 Å². The van der Waals surface area contributed by atoms with E-state index in [0.717, 1.165) is 10.8 Å². The smallest absolute Gasteiger partial charge is 0.329 e. The van der Waals surface area contributed by atoms with Crippen LogP contribution >= 0.6 is 34.9 Å². The van der Waals surface area contributed by atoms with E-state index >= 15 is 0 Å². The molecule has 264 valence electrons. The highest BCUT2D eigenvalue weighted by Gasteiger charge is 2.42. The molecule has 0 saturated carbocycles. The highest BCUT2D eigenvalue weighted by atomic mass is 32.2. The van der Waals surface area contributed by atoms with Gasteiger partial charge in [-0.2, -0.15) is 0 Å². The summed E-state index contributed by atoms with van der Waals surface area (Å²) in [6.07, 6.45) is 3.55. The zero-order valence-corrected chi connectivity index (χ0v) is 31.4. The lowest BCUT2D eigenvalue weighted by Gasteiger charge is -2.35. The molecule has 1 unspecified atom stereocenters. The second-order valence-electron chi connectivity index (χ2n) is 13.1. The Balaban J connectivity index is 1.23. The summed E-state index contributed by atoms with van der Waals surface area (Å²) < 4.78 is 5.52. The minimum atomic E-state index is -1.05. The highest BCUT2D eigenvalue weighted by molar-refractivity contribution is 8.14. The van der Waals surface area contributed by atoms with Gasteiger partial charge in [-0.3, -0.25) is 14.6 Å². The molecule has 51 heavy (non-hydrogen) atoms. The van der Waals surface area contributed by atoms with Crippen LogP contribution in [0.3, 0.4) is 0 Å². The molecule has 4 bridgehead atoms. The summed E-state index contributed by atoms with van der Waals surface area (Å²) in [6, 6.07) is 30.7. The van der Waals surface area contributed by atoms with Crippen molar-refractivity contribution >= 4 is 57.7 Å². The van der Waals surface area contributed by atoms with Crippen molar-refractivity contribution in [3.05, 3.63) is 136 Å². The first-order chi connectivity index (χ1) is 24.7. The monoisotopic (exact) mass is 738 g/mol. The topological polar surface area (TPSA) is 110 Å². The number of cyclic esters (lactones) is 1. The van der Waals surface area contributed by atoms with Crippen molar-refractivity contribution in [2.75, 3.05) is 11.5 Å². The number of ether oxygens (including phenoxy) is 1. The van der Waals surface area contributed by atoms with E-state index in [4.69, 9.17) is 9.73 Å². The van der Waals surface area contributed by atoms with Gasteiger partial charge in [0.05, 0.1) is 17.7 Å². The van der Waals surface area contributed by atoms with Crippen LogP contribution in [-0.2, 0) is 30.4 Å². The normalized spacial score (nSPS) is 21.6. The van der Waals surface area contributed by atoms with Crippen molar-refractivity contribution in [2.24, 2.45) is 10.9 Å². The quantitative estimate of drug-likeness (QED) is 0.0814. The summed E-state index contributed by atoms with van der Waals surface area (Å²) in [7, 11) is 0. The number of allylic oxidation sites excluding steroid dienone is 1. The number of aromatic nitrogens is 1. The fraction of sp³-hybridized carbons (Fsp3) is 0.325. The average Bonchev–Trinajstić information content (AvgIpc) is 3.79. The lowest BCUT2D eigenvalue weighted by atomic mass is 9.84. The average molecular weight is 739 g/mol. The molecule has 8 nitrogen and oxygen atoms in total. The van der Waals surface area contributed by atoms with E-state index in [1.54, 1.807) is 13.0 Å². The molecular formula is C40H42N4O4S3. The fourth-order valence-electron chi connectivity index (χ4n) is 6.13. The SMILES string of the molecule is CC(C)[C@@H]1NC(=O)[C@@]2(C)CSC(=N2)c2csc(n2)CNC(=O)CC(/C=C/CCSC(c2ccccc2)(c2ccccc2)c2ccccc2)OC1=O. The van der Waals surface area contributed by atoms with Crippen molar-refractivity contribution in [1.29, 1.82) is 0 Å². The van der Waals surface area contributed by atoms with Crippen molar-refractivity contribution < 1.29 is 19.1 Å². The van der Waals surface area contributed by atoms with E-state index in [1.165, 1.54) is 39.8 Å². The van der Waals surface area contributed by atoms with Crippen LogP contribution in [0.15, 0.2) is 114 Å². The van der Waals surface area contributed by atoms with Crippen LogP contribution in [0, 0.1) is 5.92 Å². The van der Waals surface area contributed by atoms with Crippen LogP contribution in [0.2, 0.25) is 0 Å². The number of carbonyl (C=O) groups is 3. The number of rotatable bonds is 9. The molecule has 1 aromatic heterocycles. The molecule has 2 amide bonds. The molecule has 0 fully saturated rings.